The SMILES string of the molecule is O=C(O)c1nn2ccccc2c1F. The number of aromatic carboxylic acids is 1. The Balaban J connectivity index is 2.81. The molecule has 2 aromatic heterocycles. The molecular weight excluding hydrogens is 175 g/mol. The molecule has 0 spiro atoms. The smallest absolute Gasteiger partial charge is 0.359 e. The number of pyridine rings is 1. The number of halogens is 1. The highest BCUT2D eigenvalue weighted by molar-refractivity contribution is 5.87. The summed E-state index contributed by atoms with van der Waals surface area (Å²) in [6.45, 7) is 0. The molecule has 0 bridgehead atoms. The van der Waals surface area contributed by atoms with Gasteiger partial charge in [0.2, 0.25) is 5.69 Å². The first-order chi connectivity index (χ1) is 6.20. The topological polar surface area (TPSA) is 54.6 Å². The van der Waals surface area contributed by atoms with Crippen LogP contribution in [-0.2, 0) is 0 Å². The molecule has 0 radical (unpaired) electrons. The van der Waals surface area contributed by atoms with Crippen molar-refractivity contribution in [1.82, 2.24) is 9.61 Å². The summed E-state index contributed by atoms with van der Waals surface area (Å²) in [5, 5.41) is 12.1. The second kappa shape index (κ2) is 2.55. The zero-order valence-corrected chi connectivity index (χ0v) is 6.44. The second-order valence-electron chi connectivity index (χ2n) is 2.50. The molecule has 0 aliphatic heterocycles. The number of hydrogen-bond acceptors (Lipinski definition) is 2. The lowest BCUT2D eigenvalue weighted by Crippen LogP contribution is -1.99. The predicted molar refractivity (Wildman–Crippen MR) is 42.1 cm³/mol. The Kier molecular flexibility index (Phi) is 1.51. The molecule has 0 saturated carbocycles. The lowest BCUT2D eigenvalue weighted by atomic mass is 10.3. The summed E-state index contributed by atoms with van der Waals surface area (Å²) < 4.78 is 14.4. The summed E-state index contributed by atoms with van der Waals surface area (Å²) >= 11 is 0. The van der Waals surface area contributed by atoms with Gasteiger partial charge in [0.05, 0.1) is 0 Å². The van der Waals surface area contributed by atoms with Gasteiger partial charge in [-0.15, -0.1) is 0 Å². The van der Waals surface area contributed by atoms with E-state index in [0.29, 0.717) is 0 Å². The van der Waals surface area contributed by atoms with Crippen molar-refractivity contribution in [1.29, 1.82) is 0 Å². The van der Waals surface area contributed by atoms with Crippen molar-refractivity contribution in [3.8, 4) is 0 Å². The number of hydrogen-bond donors (Lipinski definition) is 1. The normalized spacial score (nSPS) is 10.5. The molecule has 0 saturated heterocycles. The summed E-state index contributed by atoms with van der Waals surface area (Å²) in [6, 6.07) is 4.73. The van der Waals surface area contributed by atoms with E-state index < -0.39 is 17.5 Å². The minimum atomic E-state index is -1.36. The standard InChI is InChI=1S/C8H5FN2O2/c9-6-5-3-1-2-4-11(5)10-7(6)8(12)13/h1-4H,(H,12,13). The van der Waals surface area contributed by atoms with Crippen LogP contribution in [0.2, 0.25) is 0 Å². The van der Waals surface area contributed by atoms with E-state index in [-0.39, 0.29) is 5.52 Å². The Hall–Kier alpha value is -1.91. The molecule has 0 amide bonds. The van der Waals surface area contributed by atoms with Crippen LogP contribution >= 0.6 is 0 Å². The molecule has 0 atom stereocenters. The van der Waals surface area contributed by atoms with Crippen LogP contribution in [0.4, 0.5) is 4.39 Å². The van der Waals surface area contributed by atoms with Gasteiger partial charge in [-0.2, -0.15) is 5.10 Å². The van der Waals surface area contributed by atoms with Gasteiger partial charge in [0, 0.05) is 6.20 Å². The van der Waals surface area contributed by atoms with Crippen molar-refractivity contribution in [2.45, 2.75) is 0 Å². The van der Waals surface area contributed by atoms with E-state index in [1.807, 2.05) is 0 Å². The molecule has 1 N–H and O–H groups in total. The molecule has 5 heteroatoms. The molecule has 13 heavy (non-hydrogen) atoms. The number of carboxylic acid groups (broad SMARTS) is 1. The first-order valence-electron chi connectivity index (χ1n) is 3.56. The molecule has 2 aromatic rings. The third-order valence-electron chi connectivity index (χ3n) is 1.68. The number of nitrogens with zero attached hydrogens (tertiary/aromatic N) is 2. The first kappa shape index (κ1) is 7.72. The highest BCUT2D eigenvalue weighted by Crippen LogP contribution is 2.12. The molecular formula is C8H5FN2O2. The summed E-state index contributed by atoms with van der Waals surface area (Å²) in [5.74, 6) is -2.16. The van der Waals surface area contributed by atoms with Crippen LogP contribution in [0.3, 0.4) is 0 Å². The van der Waals surface area contributed by atoms with Gasteiger partial charge in [0.1, 0.15) is 5.52 Å². The van der Waals surface area contributed by atoms with Gasteiger partial charge in [-0.1, -0.05) is 6.07 Å². The molecule has 4 nitrogen and oxygen atoms in total. The Bertz CT molecular complexity index is 478. The van der Waals surface area contributed by atoms with E-state index in [4.69, 9.17) is 5.11 Å². The molecule has 0 aromatic carbocycles. The van der Waals surface area contributed by atoms with Crippen molar-refractivity contribution >= 4 is 11.5 Å². The molecule has 0 aliphatic rings. The van der Waals surface area contributed by atoms with Gasteiger partial charge < -0.3 is 5.11 Å². The van der Waals surface area contributed by atoms with Crippen molar-refractivity contribution in [2.75, 3.05) is 0 Å². The molecule has 0 aliphatic carbocycles. The fourth-order valence-electron chi connectivity index (χ4n) is 1.11. The number of carbonyl (C=O) groups is 1. The fourth-order valence-corrected chi connectivity index (χ4v) is 1.11. The monoisotopic (exact) mass is 180 g/mol. The minimum Gasteiger partial charge on any atom is -0.476 e. The van der Waals surface area contributed by atoms with Crippen molar-refractivity contribution in [2.24, 2.45) is 0 Å². The van der Waals surface area contributed by atoms with E-state index in [1.165, 1.54) is 16.8 Å². The Morgan fingerprint density at radius 1 is 1.54 bits per heavy atom. The predicted octanol–water partition coefficient (Wildman–Crippen LogP) is 1.17. The summed E-state index contributed by atoms with van der Waals surface area (Å²) in [6.07, 6.45) is 1.49. The van der Waals surface area contributed by atoms with Crippen LogP contribution < -0.4 is 0 Å². The first-order valence-corrected chi connectivity index (χ1v) is 3.56. The number of aromatic nitrogens is 2. The highest BCUT2D eigenvalue weighted by atomic mass is 19.1. The van der Waals surface area contributed by atoms with Crippen LogP contribution in [0.1, 0.15) is 10.5 Å². The van der Waals surface area contributed by atoms with Gasteiger partial charge in [0.15, 0.2) is 5.82 Å². The zero-order valence-electron chi connectivity index (χ0n) is 6.44. The van der Waals surface area contributed by atoms with E-state index in [9.17, 15) is 9.18 Å². The lowest BCUT2D eigenvalue weighted by Gasteiger charge is -1.87. The molecule has 0 unspecified atom stereocenters. The molecule has 66 valence electrons. The van der Waals surface area contributed by atoms with E-state index in [0.717, 1.165) is 0 Å². The number of fused-ring (bicyclic) bond motifs is 1. The van der Waals surface area contributed by atoms with Crippen LogP contribution in [0.15, 0.2) is 24.4 Å². The van der Waals surface area contributed by atoms with Crippen molar-refractivity contribution < 1.29 is 14.3 Å². The maximum atomic E-state index is 13.2. The summed E-state index contributed by atoms with van der Waals surface area (Å²) in [4.78, 5) is 10.5. The average Bonchev–Trinajstić information content (AvgIpc) is 2.45. The average molecular weight is 180 g/mol. The third-order valence-corrected chi connectivity index (χ3v) is 1.68. The van der Waals surface area contributed by atoms with Crippen LogP contribution in [-0.4, -0.2) is 20.7 Å². The van der Waals surface area contributed by atoms with Crippen LogP contribution in [0.5, 0.6) is 0 Å². The maximum absolute atomic E-state index is 13.2. The van der Waals surface area contributed by atoms with Crippen molar-refractivity contribution in [3.05, 3.63) is 35.9 Å². The molecule has 2 rings (SSSR count). The van der Waals surface area contributed by atoms with Gasteiger partial charge in [-0.25, -0.2) is 13.7 Å². The van der Waals surface area contributed by atoms with E-state index >= 15 is 0 Å². The largest absolute Gasteiger partial charge is 0.476 e. The fraction of sp³-hybridized carbons (Fsp3) is 0. The van der Waals surface area contributed by atoms with E-state index in [2.05, 4.69) is 5.10 Å². The Morgan fingerprint density at radius 3 is 2.92 bits per heavy atom. The van der Waals surface area contributed by atoms with Crippen LogP contribution in [0.25, 0.3) is 5.52 Å². The van der Waals surface area contributed by atoms with Gasteiger partial charge in [-0.05, 0) is 12.1 Å². The van der Waals surface area contributed by atoms with Crippen LogP contribution in [0, 0.1) is 5.82 Å². The molecule has 2 heterocycles. The maximum Gasteiger partial charge on any atom is 0.359 e. The Labute approximate surface area is 72.2 Å². The molecule has 0 fully saturated rings. The van der Waals surface area contributed by atoms with Gasteiger partial charge in [-0.3, -0.25) is 0 Å². The number of rotatable bonds is 1. The Morgan fingerprint density at radius 2 is 2.31 bits per heavy atom. The summed E-state index contributed by atoms with van der Waals surface area (Å²) in [5.41, 5.74) is -0.383. The van der Waals surface area contributed by atoms with Gasteiger partial charge in [0.25, 0.3) is 0 Å². The highest BCUT2D eigenvalue weighted by Gasteiger charge is 2.17. The lowest BCUT2D eigenvalue weighted by molar-refractivity contribution is 0.0685. The van der Waals surface area contributed by atoms with E-state index in [1.54, 1.807) is 12.1 Å². The third kappa shape index (κ3) is 1.05. The minimum absolute atomic E-state index is 0.167. The number of carboxylic acids is 1. The zero-order chi connectivity index (χ0) is 9.42. The second-order valence-corrected chi connectivity index (χ2v) is 2.50. The quantitative estimate of drug-likeness (QED) is 0.716. The summed E-state index contributed by atoms with van der Waals surface area (Å²) in [7, 11) is 0. The van der Waals surface area contributed by atoms with Gasteiger partial charge >= 0.3 is 5.97 Å². The van der Waals surface area contributed by atoms with Crippen molar-refractivity contribution in [3.63, 3.8) is 0 Å².